The van der Waals surface area contributed by atoms with Crippen molar-refractivity contribution in [3.8, 4) is 11.5 Å². The lowest BCUT2D eigenvalue weighted by molar-refractivity contribution is -0.137. The largest absolute Gasteiger partial charge is 0.493 e. The average molecular weight is 531 g/mol. The summed E-state index contributed by atoms with van der Waals surface area (Å²) in [6, 6.07) is 9.73. The van der Waals surface area contributed by atoms with Crippen molar-refractivity contribution in [3.05, 3.63) is 59.2 Å². The third-order valence-corrected chi connectivity index (χ3v) is 6.03. The van der Waals surface area contributed by atoms with Crippen LogP contribution in [0, 0.1) is 5.92 Å². The number of hydrogen-bond acceptors (Lipinski definition) is 5. The van der Waals surface area contributed by atoms with E-state index in [2.05, 4.69) is 10.0 Å². The van der Waals surface area contributed by atoms with E-state index in [0.29, 0.717) is 49.5 Å². The first-order valence-electron chi connectivity index (χ1n) is 11.5. The zero-order valence-corrected chi connectivity index (χ0v) is 21.6. The number of sulfonamides is 1. The third-order valence-electron chi connectivity index (χ3n) is 5.35. The van der Waals surface area contributed by atoms with Gasteiger partial charge in [-0.15, -0.1) is 0 Å². The van der Waals surface area contributed by atoms with E-state index in [1.807, 2.05) is 6.07 Å². The molecule has 0 saturated heterocycles. The molecule has 200 valence electrons. The van der Waals surface area contributed by atoms with E-state index in [0.717, 1.165) is 24.0 Å². The lowest BCUT2D eigenvalue weighted by atomic mass is 10.0. The highest BCUT2D eigenvalue weighted by Crippen LogP contribution is 2.30. The minimum atomic E-state index is -4.37. The Bertz CT molecular complexity index is 1120. The van der Waals surface area contributed by atoms with Crippen LogP contribution >= 0.6 is 0 Å². The summed E-state index contributed by atoms with van der Waals surface area (Å²) in [4.78, 5) is 12.4. The fraction of sp³-hybridized carbons (Fsp3) is 0.480. The lowest BCUT2D eigenvalue weighted by Gasteiger charge is -2.20. The Kier molecular flexibility index (Phi) is 10.6. The van der Waals surface area contributed by atoms with E-state index < -0.39 is 33.7 Å². The number of halogens is 3. The van der Waals surface area contributed by atoms with Crippen LogP contribution in [0.4, 0.5) is 13.2 Å². The van der Waals surface area contributed by atoms with Gasteiger partial charge < -0.3 is 14.8 Å². The smallest absolute Gasteiger partial charge is 0.416 e. The molecule has 0 saturated carbocycles. The number of ether oxygens (including phenoxy) is 2. The molecular formula is C25H33F3N2O5S. The molecule has 2 N–H and O–H groups in total. The zero-order valence-electron chi connectivity index (χ0n) is 20.8. The molecule has 0 heterocycles. The van der Waals surface area contributed by atoms with E-state index in [-0.39, 0.29) is 5.92 Å². The highest BCUT2D eigenvalue weighted by molar-refractivity contribution is 7.88. The maximum atomic E-state index is 12.9. The third kappa shape index (κ3) is 9.69. The summed E-state index contributed by atoms with van der Waals surface area (Å²) < 4.78 is 75.1. The summed E-state index contributed by atoms with van der Waals surface area (Å²) in [6.45, 7) is 4.11. The summed E-state index contributed by atoms with van der Waals surface area (Å²) in [5, 5.41) is 2.75. The van der Waals surface area contributed by atoms with Crippen LogP contribution in [0.2, 0.25) is 0 Å². The van der Waals surface area contributed by atoms with E-state index in [9.17, 15) is 26.4 Å². The van der Waals surface area contributed by atoms with Crippen molar-refractivity contribution in [1.82, 2.24) is 10.0 Å². The molecule has 0 aromatic heterocycles. The Morgan fingerprint density at radius 1 is 1.03 bits per heavy atom. The maximum Gasteiger partial charge on any atom is 0.416 e. The molecule has 0 aliphatic heterocycles. The van der Waals surface area contributed by atoms with Crippen molar-refractivity contribution in [3.63, 3.8) is 0 Å². The van der Waals surface area contributed by atoms with Gasteiger partial charge in [0.05, 0.1) is 25.5 Å². The van der Waals surface area contributed by atoms with Crippen LogP contribution in [0.5, 0.6) is 11.5 Å². The first kappa shape index (κ1) is 29.4. The monoisotopic (exact) mass is 530 g/mol. The second kappa shape index (κ2) is 13.0. The minimum Gasteiger partial charge on any atom is -0.493 e. The Morgan fingerprint density at radius 2 is 1.72 bits per heavy atom. The van der Waals surface area contributed by atoms with Crippen molar-refractivity contribution in [2.45, 2.75) is 45.3 Å². The van der Waals surface area contributed by atoms with E-state index in [1.165, 1.54) is 13.2 Å². The van der Waals surface area contributed by atoms with Gasteiger partial charge in [-0.1, -0.05) is 38.1 Å². The molecule has 11 heteroatoms. The van der Waals surface area contributed by atoms with Gasteiger partial charge in [0.1, 0.15) is 6.04 Å². The number of aryl methyl sites for hydroxylation is 1. The van der Waals surface area contributed by atoms with Gasteiger partial charge in [-0.2, -0.15) is 13.2 Å². The SMILES string of the molecule is COc1cc(CCNC(=O)C(NS(C)(=O)=O)C(C)C)ccc1OCCCc1cccc(C(F)(F)F)c1. The number of amides is 1. The second-order valence-corrected chi connectivity index (χ2v) is 10.6. The molecule has 2 aromatic rings. The summed E-state index contributed by atoms with van der Waals surface area (Å²) in [5.41, 5.74) is 0.797. The molecule has 0 aliphatic rings. The molecule has 0 aliphatic carbocycles. The van der Waals surface area contributed by atoms with Crippen LogP contribution < -0.4 is 19.5 Å². The second-order valence-electron chi connectivity index (χ2n) is 8.79. The Morgan fingerprint density at radius 3 is 2.33 bits per heavy atom. The first-order valence-corrected chi connectivity index (χ1v) is 13.4. The van der Waals surface area contributed by atoms with E-state index >= 15 is 0 Å². The quantitative estimate of drug-likeness (QED) is 0.383. The number of methoxy groups -OCH3 is 1. The molecule has 0 fully saturated rings. The molecule has 2 rings (SSSR count). The van der Waals surface area contributed by atoms with Crippen molar-refractivity contribution in [2.75, 3.05) is 26.5 Å². The van der Waals surface area contributed by atoms with Crippen molar-refractivity contribution in [1.29, 1.82) is 0 Å². The molecule has 0 bridgehead atoms. The molecule has 7 nitrogen and oxygen atoms in total. The summed E-state index contributed by atoms with van der Waals surface area (Å²) in [6.07, 6.45) is -1.90. The van der Waals surface area contributed by atoms with E-state index in [1.54, 1.807) is 32.0 Å². The van der Waals surface area contributed by atoms with Gasteiger partial charge in [0.15, 0.2) is 11.5 Å². The van der Waals surface area contributed by atoms with Gasteiger partial charge in [-0.25, -0.2) is 13.1 Å². The summed E-state index contributed by atoms with van der Waals surface area (Å²) in [7, 11) is -2.02. The van der Waals surface area contributed by atoms with Gasteiger partial charge in [-0.3, -0.25) is 4.79 Å². The topological polar surface area (TPSA) is 93.7 Å². The number of hydrogen-bond donors (Lipinski definition) is 2. The van der Waals surface area contributed by atoms with Gasteiger partial charge in [-0.05, 0) is 54.5 Å². The van der Waals surface area contributed by atoms with Crippen LogP contribution in [0.3, 0.4) is 0 Å². The fourth-order valence-corrected chi connectivity index (χ4v) is 4.35. The van der Waals surface area contributed by atoms with Crippen molar-refractivity contribution < 1.29 is 35.9 Å². The molecular weight excluding hydrogens is 497 g/mol. The van der Waals surface area contributed by atoms with Crippen molar-refractivity contribution >= 4 is 15.9 Å². The first-order chi connectivity index (χ1) is 16.8. The number of carbonyl (C=O) groups is 1. The number of rotatable bonds is 13. The van der Waals surface area contributed by atoms with Crippen LogP contribution in [0.1, 0.15) is 37.0 Å². The Balaban J connectivity index is 1.87. The van der Waals surface area contributed by atoms with Crippen LogP contribution in [0.15, 0.2) is 42.5 Å². The van der Waals surface area contributed by atoms with Crippen molar-refractivity contribution in [2.24, 2.45) is 5.92 Å². The highest BCUT2D eigenvalue weighted by atomic mass is 32.2. The lowest BCUT2D eigenvalue weighted by Crippen LogP contribution is -2.49. The Labute approximate surface area is 210 Å². The van der Waals surface area contributed by atoms with Crippen LogP contribution in [-0.2, 0) is 33.8 Å². The average Bonchev–Trinajstić information content (AvgIpc) is 2.79. The van der Waals surface area contributed by atoms with Gasteiger partial charge in [0, 0.05) is 6.54 Å². The molecule has 2 aromatic carbocycles. The van der Waals surface area contributed by atoms with Gasteiger partial charge in [0.2, 0.25) is 15.9 Å². The Hall–Kier alpha value is -2.79. The standard InChI is InChI=1S/C25H33F3N2O5S/c1-17(2)23(30-36(4,32)33)24(31)29-13-12-19-10-11-21(22(16-19)34-3)35-14-6-8-18-7-5-9-20(15-18)25(26,27)28/h5,7,9-11,15-17,23,30H,6,8,12-14H2,1-4H3,(H,29,31). The molecule has 0 radical (unpaired) electrons. The molecule has 0 spiro atoms. The van der Waals surface area contributed by atoms with Crippen LogP contribution in [0.25, 0.3) is 0 Å². The summed E-state index contributed by atoms with van der Waals surface area (Å²) in [5.74, 6) is 0.385. The minimum absolute atomic E-state index is 0.218. The molecule has 36 heavy (non-hydrogen) atoms. The fourth-order valence-electron chi connectivity index (χ4n) is 3.51. The predicted octanol–water partition coefficient (Wildman–Crippen LogP) is 3.96. The normalized spacial score (nSPS) is 12.9. The molecule has 1 atom stereocenters. The van der Waals surface area contributed by atoms with E-state index in [4.69, 9.17) is 9.47 Å². The molecule has 1 amide bonds. The van der Waals surface area contributed by atoms with Gasteiger partial charge in [0.25, 0.3) is 0 Å². The van der Waals surface area contributed by atoms with Crippen LogP contribution in [-0.4, -0.2) is 46.9 Å². The number of alkyl halides is 3. The zero-order chi connectivity index (χ0) is 26.9. The molecule has 1 unspecified atom stereocenters. The summed E-state index contributed by atoms with van der Waals surface area (Å²) >= 11 is 0. The predicted molar refractivity (Wildman–Crippen MR) is 132 cm³/mol. The number of benzene rings is 2. The maximum absolute atomic E-state index is 12.9. The number of nitrogens with one attached hydrogen (secondary N) is 2. The highest BCUT2D eigenvalue weighted by Gasteiger charge is 2.30. The number of carbonyl (C=O) groups excluding carboxylic acids is 1. The van der Waals surface area contributed by atoms with Gasteiger partial charge >= 0.3 is 6.18 Å².